The molecule has 10 heavy (non-hydrogen) atoms. The Bertz CT molecular complexity index is 131. The highest BCUT2D eigenvalue weighted by atomic mass is 16.4. The molecule has 0 aromatic heterocycles. The van der Waals surface area contributed by atoms with Crippen molar-refractivity contribution in [3.05, 3.63) is 0 Å². The highest BCUT2D eigenvalue weighted by Crippen LogP contribution is 1.81. The van der Waals surface area contributed by atoms with E-state index < -0.39 is 12.1 Å². The number of hydrogen-bond donors (Lipinski definition) is 5. The minimum absolute atomic E-state index is 0.0237. The largest absolute Gasteiger partial charge is 0.479 e. The van der Waals surface area contributed by atoms with Crippen LogP contribution in [0.4, 0.5) is 0 Å². The van der Waals surface area contributed by atoms with Gasteiger partial charge in [-0.25, -0.2) is 26.5 Å². The second kappa shape index (κ2) is 2.93. The maximum Gasteiger partial charge on any atom is 0.338 e. The molecule has 0 aliphatic carbocycles. The van der Waals surface area contributed by atoms with Gasteiger partial charge in [0.1, 0.15) is 0 Å². The van der Waals surface area contributed by atoms with Crippen LogP contribution in [0.25, 0.3) is 0 Å². The Morgan fingerprint density at radius 3 is 2.20 bits per heavy atom. The summed E-state index contributed by atoms with van der Waals surface area (Å²) in [5.41, 5.74) is 10.5. The molecule has 0 unspecified atom stereocenters. The first-order valence-corrected chi connectivity index (χ1v) is 2.95. The molecular weight excluding hydrogens is 136 g/mol. The maximum atomic E-state index is 10.3. The van der Waals surface area contributed by atoms with Gasteiger partial charge in [-0.05, 0) is 6.92 Å². The molecule has 0 radical (unpaired) electrons. The van der Waals surface area contributed by atoms with Gasteiger partial charge >= 0.3 is 5.97 Å². The van der Waals surface area contributed by atoms with Crippen LogP contribution in [0.1, 0.15) is 6.92 Å². The normalized spacial score (nSPS) is 33.7. The summed E-state index contributed by atoms with van der Waals surface area (Å²) in [6, 6.07) is 0. The molecule has 0 aromatic carbocycles. The summed E-state index contributed by atoms with van der Waals surface area (Å²) in [5, 5.41) is 8.42. The Morgan fingerprint density at radius 2 is 1.80 bits per heavy atom. The van der Waals surface area contributed by atoms with Crippen LogP contribution in [0, 0.1) is 0 Å². The van der Waals surface area contributed by atoms with Crippen LogP contribution < -0.4 is 21.7 Å². The van der Waals surface area contributed by atoms with Gasteiger partial charge in [0.25, 0.3) is 0 Å². The van der Waals surface area contributed by atoms with Crippen molar-refractivity contribution in [3.8, 4) is 0 Å². The van der Waals surface area contributed by atoms with Crippen molar-refractivity contribution >= 4 is 5.97 Å². The third-order valence-electron chi connectivity index (χ3n) is 1.14. The highest BCUT2D eigenvalue weighted by molar-refractivity contribution is 5.72. The molecular formula is C4H10N4O2. The zero-order valence-corrected chi connectivity index (χ0v) is 5.51. The van der Waals surface area contributed by atoms with Gasteiger partial charge in [-0.2, -0.15) is 0 Å². The van der Waals surface area contributed by atoms with Crippen molar-refractivity contribution in [2.45, 2.75) is 19.3 Å². The SMILES string of the molecule is CC1NNC(C(=O)O)NN1. The van der Waals surface area contributed by atoms with E-state index in [2.05, 4.69) is 21.7 Å². The fourth-order valence-corrected chi connectivity index (χ4v) is 0.612. The molecule has 0 spiro atoms. The summed E-state index contributed by atoms with van der Waals surface area (Å²) in [4.78, 5) is 10.3. The minimum atomic E-state index is -0.952. The van der Waals surface area contributed by atoms with Crippen molar-refractivity contribution in [3.63, 3.8) is 0 Å². The number of hydrogen-bond acceptors (Lipinski definition) is 5. The van der Waals surface area contributed by atoms with Crippen LogP contribution in [0.2, 0.25) is 0 Å². The number of carboxylic acids is 1. The molecule has 1 fully saturated rings. The number of carboxylic acid groups (broad SMARTS) is 1. The van der Waals surface area contributed by atoms with Gasteiger partial charge in [0.05, 0.1) is 6.17 Å². The molecule has 6 nitrogen and oxygen atoms in total. The standard InChI is InChI=1S/C4H10N4O2/c1-2-5-7-3(4(9)10)8-6-2/h2-3,5-8H,1H3,(H,9,10). The monoisotopic (exact) mass is 146 g/mol. The Morgan fingerprint density at radius 1 is 1.30 bits per heavy atom. The Hall–Kier alpha value is -0.690. The van der Waals surface area contributed by atoms with Crippen LogP contribution in [-0.4, -0.2) is 23.4 Å². The van der Waals surface area contributed by atoms with E-state index >= 15 is 0 Å². The van der Waals surface area contributed by atoms with Crippen molar-refractivity contribution in [1.29, 1.82) is 0 Å². The quantitative estimate of drug-likeness (QED) is 0.292. The summed E-state index contributed by atoms with van der Waals surface area (Å²) in [7, 11) is 0. The van der Waals surface area contributed by atoms with Gasteiger partial charge in [-0.1, -0.05) is 0 Å². The summed E-state index contributed by atoms with van der Waals surface area (Å²) < 4.78 is 0. The van der Waals surface area contributed by atoms with E-state index in [0.717, 1.165) is 0 Å². The molecule has 5 N–H and O–H groups in total. The van der Waals surface area contributed by atoms with Crippen molar-refractivity contribution in [2.75, 3.05) is 0 Å². The first kappa shape index (κ1) is 7.42. The lowest BCUT2D eigenvalue weighted by Crippen LogP contribution is -2.69. The van der Waals surface area contributed by atoms with Crippen LogP contribution in [0.3, 0.4) is 0 Å². The van der Waals surface area contributed by atoms with Gasteiger partial charge in [0.2, 0.25) is 0 Å². The number of hydrazine groups is 2. The lowest BCUT2D eigenvalue weighted by Gasteiger charge is -2.28. The molecule has 1 heterocycles. The second-order valence-corrected chi connectivity index (χ2v) is 2.07. The molecule has 1 rings (SSSR count). The van der Waals surface area contributed by atoms with Crippen LogP contribution in [0.15, 0.2) is 0 Å². The molecule has 1 aliphatic heterocycles. The fourth-order valence-electron chi connectivity index (χ4n) is 0.612. The van der Waals surface area contributed by atoms with Gasteiger partial charge < -0.3 is 5.11 Å². The maximum absolute atomic E-state index is 10.3. The summed E-state index contributed by atoms with van der Waals surface area (Å²) >= 11 is 0. The predicted molar refractivity (Wildman–Crippen MR) is 33.4 cm³/mol. The number of nitrogens with one attached hydrogen (secondary N) is 4. The minimum Gasteiger partial charge on any atom is -0.479 e. The number of carbonyl (C=O) groups is 1. The van der Waals surface area contributed by atoms with Crippen molar-refractivity contribution < 1.29 is 9.90 Å². The average Bonchev–Trinajstić information content (AvgIpc) is 1.88. The lowest BCUT2D eigenvalue weighted by molar-refractivity contribution is -0.142. The molecule has 0 aromatic rings. The molecule has 0 bridgehead atoms. The zero-order chi connectivity index (χ0) is 7.56. The summed E-state index contributed by atoms with van der Waals surface area (Å²) in [6.07, 6.45) is -0.744. The zero-order valence-electron chi connectivity index (χ0n) is 5.51. The van der Waals surface area contributed by atoms with Gasteiger partial charge in [-0.15, -0.1) is 0 Å². The molecule has 0 atom stereocenters. The predicted octanol–water partition coefficient (Wildman–Crippen LogP) is -2.05. The van der Waals surface area contributed by atoms with E-state index in [1.165, 1.54) is 0 Å². The van der Waals surface area contributed by atoms with Gasteiger partial charge in [-0.3, -0.25) is 0 Å². The van der Waals surface area contributed by atoms with Gasteiger partial charge in [0.15, 0.2) is 6.17 Å². The van der Waals surface area contributed by atoms with E-state index in [1.54, 1.807) is 0 Å². The molecule has 1 aliphatic rings. The van der Waals surface area contributed by atoms with Crippen LogP contribution in [0.5, 0.6) is 0 Å². The molecule has 0 saturated carbocycles. The molecule has 1 saturated heterocycles. The van der Waals surface area contributed by atoms with Crippen LogP contribution >= 0.6 is 0 Å². The van der Waals surface area contributed by atoms with E-state index in [1.807, 2.05) is 6.92 Å². The lowest BCUT2D eigenvalue weighted by atomic mass is 10.5. The van der Waals surface area contributed by atoms with Crippen LogP contribution in [-0.2, 0) is 4.79 Å². The van der Waals surface area contributed by atoms with E-state index in [0.29, 0.717) is 0 Å². The topological polar surface area (TPSA) is 85.4 Å². The first-order chi connectivity index (χ1) is 4.70. The molecule has 58 valence electrons. The summed E-state index contributed by atoms with van der Waals surface area (Å²) in [6.45, 7) is 1.85. The van der Waals surface area contributed by atoms with E-state index in [4.69, 9.17) is 5.11 Å². The number of aliphatic carboxylic acids is 1. The third kappa shape index (κ3) is 1.64. The van der Waals surface area contributed by atoms with Crippen molar-refractivity contribution in [1.82, 2.24) is 21.7 Å². The molecule has 0 amide bonds. The van der Waals surface area contributed by atoms with Gasteiger partial charge in [0, 0.05) is 0 Å². The third-order valence-corrected chi connectivity index (χ3v) is 1.14. The number of rotatable bonds is 1. The average molecular weight is 146 g/mol. The fraction of sp³-hybridized carbons (Fsp3) is 0.750. The van der Waals surface area contributed by atoms with E-state index in [9.17, 15) is 4.79 Å². The first-order valence-electron chi connectivity index (χ1n) is 2.95. The second-order valence-electron chi connectivity index (χ2n) is 2.07. The highest BCUT2D eigenvalue weighted by Gasteiger charge is 2.20. The Kier molecular flexibility index (Phi) is 2.17. The Balaban J connectivity index is 2.33. The smallest absolute Gasteiger partial charge is 0.338 e. The Labute approximate surface area is 57.9 Å². The van der Waals surface area contributed by atoms with E-state index in [-0.39, 0.29) is 6.17 Å². The summed E-state index contributed by atoms with van der Waals surface area (Å²) in [5.74, 6) is -0.952. The van der Waals surface area contributed by atoms with Crippen molar-refractivity contribution in [2.24, 2.45) is 0 Å². The molecule has 6 heteroatoms.